The summed E-state index contributed by atoms with van der Waals surface area (Å²) in [6, 6.07) is 8.83. The Morgan fingerprint density at radius 1 is 1.23 bits per heavy atom. The molecule has 1 N–H and O–H groups in total. The molecule has 6 heteroatoms. The third kappa shape index (κ3) is 2.26. The lowest BCUT2D eigenvalue weighted by Gasteiger charge is -2.22. The predicted octanol–water partition coefficient (Wildman–Crippen LogP) is 2.26. The zero-order valence-corrected chi connectivity index (χ0v) is 12.7. The number of benzene rings is 1. The topological polar surface area (TPSA) is 75.4 Å². The van der Waals surface area contributed by atoms with Gasteiger partial charge in [0.2, 0.25) is 0 Å². The highest BCUT2D eigenvalue weighted by Crippen LogP contribution is 2.30. The molecule has 0 saturated carbocycles. The first kappa shape index (κ1) is 14.3. The molecule has 6 nitrogen and oxygen atoms in total. The van der Waals surface area contributed by atoms with Crippen molar-refractivity contribution in [2.45, 2.75) is 32.9 Å². The minimum Gasteiger partial charge on any atom is -0.359 e. The van der Waals surface area contributed by atoms with E-state index in [4.69, 9.17) is 4.52 Å². The molecule has 1 fully saturated rings. The van der Waals surface area contributed by atoms with Gasteiger partial charge in [0.05, 0.1) is 12.2 Å². The summed E-state index contributed by atoms with van der Waals surface area (Å²) in [5.74, 6) is 0.185. The molecule has 22 heavy (non-hydrogen) atoms. The van der Waals surface area contributed by atoms with E-state index in [1.165, 1.54) is 0 Å². The first-order valence-corrected chi connectivity index (χ1v) is 7.03. The molecule has 0 spiro atoms. The summed E-state index contributed by atoms with van der Waals surface area (Å²) >= 11 is 0. The summed E-state index contributed by atoms with van der Waals surface area (Å²) in [5, 5.41) is 6.54. The quantitative estimate of drug-likeness (QED) is 0.882. The Morgan fingerprint density at radius 2 is 1.91 bits per heavy atom. The van der Waals surface area contributed by atoms with Crippen molar-refractivity contribution in [3.63, 3.8) is 0 Å². The normalized spacial score (nSPS) is 21.3. The van der Waals surface area contributed by atoms with Crippen LogP contribution in [-0.2, 0) is 16.9 Å². The molecule has 1 aromatic heterocycles. The number of hydrogen-bond acceptors (Lipinski definition) is 4. The highest BCUT2D eigenvalue weighted by Gasteiger charge is 2.49. The number of rotatable bonds is 3. The number of aryl methyl sites for hydroxylation is 2. The number of hydrogen-bond donors (Lipinski definition) is 1. The number of amides is 3. The van der Waals surface area contributed by atoms with Crippen LogP contribution in [0.1, 0.15) is 29.5 Å². The zero-order valence-electron chi connectivity index (χ0n) is 12.7. The lowest BCUT2D eigenvalue weighted by Crippen LogP contribution is -2.40. The van der Waals surface area contributed by atoms with Crippen molar-refractivity contribution in [1.29, 1.82) is 0 Å². The van der Waals surface area contributed by atoms with Crippen molar-refractivity contribution in [3.05, 3.63) is 52.9 Å². The molecule has 1 aliphatic rings. The van der Waals surface area contributed by atoms with E-state index in [1.807, 2.05) is 31.2 Å². The van der Waals surface area contributed by atoms with E-state index < -0.39 is 11.6 Å². The van der Waals surface area contributed by atoms with Crippen LogP contribution in [-0.4, -0.2) is 22.0 Å². The maximum absolute atomic E-state index is 12.7. The van der Waals surface area contributed by atoms with Crippen LogP contribution in [0.3, 0.4) is 0 Å². The average Bonchev–Trinajstić information content (AvgIpc) is 2.97. The monoisotopic (exact) mass is 299 g/mol. The van der Waals surface area contributed by atoms with E-state index in [1.54, 1.807) is 19.9 Å². The highest BCUT2D eigenvalue weighted by molar-refractivity contribution is 6.07. The standard InChI is InChI=1S/C16H17N3O3/c1-10-4-6-12(7-5-10)16(3)14(20)19(15(21)17-16)9-13-8-11(2)18-22-13/h4-8H,9H2,1-3H3,(H,17,21)/t16-/m1/s1. The molecule has 2 heterocycles. The summed E-state index contributed by atoms with van der Waals surface area (Å²) < 4.78 is 5.09. The fourth-order valence-corrected chi connectivity index (χ4v) is 2.57. The molecule has 3 amide bonds. The molecule has 1 aromatic carbocycles. The predicted molar refractivity (Wildman–Crippen MR) is 78.9 cm³/mol. The third-order valence-corrected chi connectivity index (χ3v) is 3.89. The van der Waals surface area contributed by atoms with Gasteiger partial charge in [0.15, 0.2) is 5.76 Å². The molecular formula is C16H17N3O3. The van der Waals surface area contributed by atoms with Gasteiger partial charge in [0.25, 0.3) is 5.91 Å². The summed E-state index contributed by atoms with van der Waals surface area (Å²) in [6.45, 7) is 5.55. The third-order valence-electron chi connectivity index (χ3n) is 3.89. The maximum Gasteiger partial charge on any atom is 0.325 e. The van der Waals surface area contributed by atoms with Crippen molar-refractivity contribution in [1.82, 2.24) is 15.4 Å². The van der Waals surface area contributed by atoms with Gasteiger partial charge < -0.3 is 9.84 Å². The molecule has 0 unspecified atom stereocenters. The van der Waals surface area contributed by atoms with E-state index >= 15 is 0 Å². The van der Waals surface area contributed by atoms with E-state index in [-0.39, 0.29) is 12.5 Å². The van der Waals surface area contributed by atoms with Crippen LogP contribution >= 0.6 is 0 Å². The SMILES string of the molecule is Cc1ccc([C@@]2(C)NC(=O)N(Cc3cc(C)no3)C2=O)cc1. The molecule has 3 rings (SSSR count). The molecule has 1 aliphatic heterocycles. The second-order valence-corrected chi connectivity index (χ2v) is 5.75. The van der Waals surface area contributed by atoms with Crippen LogP contribution in [0.25, 0.3) is 0 Å². The van der Waals surface area contributed by atoms with Crippen molar-refractivity contribution in [2.24, 2.45) is 0 Å². The number of aromatic nitrogens is 1. The van der Waals surface area contributed by atoms with Gasteiger partial charge in [0.1, 0.15) is 5.54 Å². The minimum absolute atomic E-state index is 0.0763. The van der Waals surface area contributed by atoms with Crippen LogP contribution in [0.4, 0.5) is 4.79 Å². The summed E-state index contributed by atoms with van der Waals surface area (Å²) in [4.78, 5) is 26.1. The van der Waals surface area contributed by atoms with Gasteiger partial charge in [-0.15, -0.1) is 0 Å². The Morgan fingerprint density at radius 3 is 2.50 bits per heavy atom. The van der Waals surface area contributed by atoms with Gasteiger partial charge in [0, 0.05) is 6.07 Å². The highest BCUT2D eigenvalue weighted by atomic mass is 16.5. The summed E-state index contributed by atoms with van der Waals surface area (Å²) in [6.07, 6.45) is 0. The number of urea groups is 1. The van der Waals surface area contributed by atoms with Gasteiger partial charge >= 0.3 is 6.03 Å². The van der Waals surface area contributed by atoms with Crippen molar-refractivity contribution >= 4 is 11.9 Å². The Kier molecular flexibility index (Phi) is 3.24. The van der Waals surface area contributed by atoms with Crippen LogP contribution < -0.4 is 5.32 Å². The van der Waals surface area contributed by atoms with Crippen LogP contribution in [0, 0.1) is 13.8 Å². The van der Waals surface area contributed by atoms with Crippen molar-refractivity contribution in [3.8, 4) is 0 Å². The molecule has 2 aromatic rings. The largest absolute Gasteiger partial charge is 0.359 e. The van der Waals surface area contributed by atoms with E-state index in [0.717, 1.165) is 16.0 Å². The Labute approximate surface area is 128 Å². The molecular weight excluding hydrogens is 282 g/mol. The van der Waals surface area contributed by atoms with Crippen molar-refractivity contribution in [2.75, 3.05) is 0 Å². The Bertz CT molecular complexity index is 735. The second-order valence-electron chi connectivity index (χ2n) is 5.75. The number of nitrogens with one attached hydrogen (secondary N) is 1. The Hall–Kier alpha value is -2.63. The fraction of sp³-hybridized carbons (Fsp3) is 0.312. The van der Waals surface area contributed by atoms with E-state index in [2.05, 4.69) is 10.5 Å². The minimum atomic E-state index is -1.06. The molecule has 0 radical (unpaired) electrons. The first-order chi connectivity index (χ1) is 10.4. The number of carbonyl (C=O) groups is 2. The zero-order chi connectivity index (χ0) is 15.9. The second kappa shape index (κ2) is 4.98. The number of carbonyl (C=O) groups excluding carboxylic acids is 2. The molecule has 0 bridgehead atoms. The Balaban J connectivity index is 1.88. The first-order valence-electron chi connectivity index (χ1n) is 7.03. The number of nitrogens with zero attached hydrogens (tertiary/aromatic N) is 2. The molecule has 1 atom stereocenters. The lowest BCUT2D eigenvalue weighted by molar-refractivity contribution is -0.131. The van der Waals surface area contributed by atoms with Crippen LogP contribution in [0.2, 0.25) is 0 Å². The average molecular weight is 299 g/mol. The van der Waals surface area contributed by atoms with Gasteiger partial charge in [-0.2, -0.15) is 0 Å². The van der Waals surface area contributed by atoms with Crippen LogP contribution in [0.5, 0.6) is 0 Å². The van der Waals surface area contributed by atoms with Gasteiger partial charge in [-0.1, -0.05) is 35.0 Å². The van der Waals surface area contributed by atoms with Crippen LogP contribution in [0.15, 0.2) is 34.9 Å². The summed E-state index contributed by atoms with van der Waals surface area (Å²) in [7, 11) is 0. The van der Waals surface area contributed by atoms with E-state index in [9.17, 15) is 9.59 Å². The van der Waals surface area contributed by atoms with E-state index in [0.29, 0.717) is 11.5 Å². The van der Waals surface area contributed by atoms with Gasteiger partial charge in [-0.25, -0.2) is 4.79 Å². The fourth-order valence-electron chi connectivity index (χ4n) is 2.57. The molecule has 0 aliphatic carbocycles. The lowest BCUT2D eigenvalue weighted by atomic mass is 9.91. The summed E-state index contributed by atoms with van der Waals surface area (Å²) in [5.41, 5.74) is 1.51. The molecule has 114 valence electrons. The van der Waals surface area contributed by atoms with Gasteiger partial charge in [-0.3, -0.25) is 9.69 Å². The van der Waals surface area contributed by atoms with Gasteiger partial charge in [-0.05, 0) is 26.3 Å². The number of imide groups is 1. The smallest absolute Gasteiger partial charge is 0.325 e. The maximum atomic E-state index is 12.7. The van der Waals surface area contributed by atoms with Crippen molar-refractivity contribution < 1.29 is 14.1 Å². The molecule has 1 saturated heterocycles.